The number of aromatic hydroxyl groups is 1. The van der Waals surface area contributed by atoms with E-state index in [1.807, 2.05) is 0 Å². The summed E-state index contributed by atoms with van der Waals surface area (Å²) in [5.74, 6) is -1.31. The van der Waals surface area contributed by atoms with Gasteiger partial charge in [0.05, 0.1) is 11.4 Å². The molecule has 20 heavy (non-hydrogen) atoms. The number of hydrogen-bond donors (Lipinski definition) is 2. The van der Waals surface area contributed by atoms with Gasteiger partial charge in [0.2, 0.25) is 0 Å². The lowest BCUT2D eigenvalue weighted by Crippen LogP contribution is -2.05. The molecule has 0 unspecified atom stereocenters. The summed E-state index contributed by atoms with van der Waals surface area (Å²) in [6, 6.07) is 4.14. The van der Waals surface area contributed by atoms with Gasteiger partial charge < -0.3 is 10.2 Å². The van der Waals surface area contributed by atoms with Gasteiger partial charge in [0.15, 0.2) is 6.29 Å². The molecule has 0 aliphatic heterocycles. The van der Waals surface area contributed by atoms with Crippen LogP contribution in [0.4, 0.5) is 0 Å². The van der Waals surface area contributed by atoms with E-state index in [2.05, 4.69) is 10.3 Å². The predicted octanol–water partition coefficient (Wildman–Crippen LogP) is 1.36. The number of aromatic nitrogens is 3. The van der Waals surface area contributed by atoms with E-state index < -0.39 is 5.97 Å². The van der Waals surface area contributed by atoms with Crippen molar-refractivity contribution in [2.75, 3.05) is 0 Å². The quantitative estimate of drug-likeness (QED) is 0.815. The number of benzene rings is 1. The first-order valence-electron chi connectivity index (χ1n) is 6.09. The zero-order valence-corrected chi connectivity index (χ0v) is 10.4. The molecule has 1 fully saturated rings. The number of carboxylic acids is 1. The van der Waals surface area contributed by atoms with Gasteiger partial charge >= 0.3 is 5.97 Å². The van der Waals surface area contributed by atoms with Crippen molar-refractivity contribution < 1.29 is 19.8 Å². The fraction of sp³-hybridized carbons (Fsp3) is 0.231. The zero-order chi connectivity index (χ0) is 14.3. The summed E-state index contributed by atoms with van der Waals surface area (Å²) in [6.45, 7) is 0. The lowest BCUT2D eigenvalue weighted by molar-refractivity contribution is 0.0693. The maximum Gasteiger partial charge on any atom is 0.339 e. The highest BCUT2D eigenvalue weighted by Gasteiger charge is 2.32. The summed E-state index contributed by atoms with van der Waals surface area (Å²) in [5, 5.41) is 26.2. The molecule has 7 heteroatoms. The van der Waals surface area contributed by atoms with Gasteiger partial charge in [-0.25, -0.2) is 9.48 Å². The van der Waals surface area contributed by atoms with Gasteiger partial charge in [0.25, 0.3) is 0 Å². The molecule has 1 heterocycles. The molecule has 0 atom stereocenters. The van der Waals surface area contributed by atoms with Crippen LogP contribution in [0.1, 0.15) is 45.3 Å². The van der Waals surface area contributed by atoms with Crippen LogP contribution in [0.3, 0.4) is 0 Å². The maximum atomic E-state index is 11.0. The Balaban J connectivity index is 2.14. The van der Waals surface area contributed by atoms with Crippen LogP contribution in [0, 0.1) is 0 Å². The molecule has 1 aromatic heterocycles. The lowest BCUT2D eigenvalue weighted by Gasteiger charge is -2.07. The van der Waals surface area contributed by atoms with E-state index >= 15 is 0 Å². The van der Waals surface area contributed by atoms with Crippen LogP contribution >= 0.6 is 0 Å². The van der Waals surface area contributed by atoms with Crippen LogP contribution in [0.5, 0.6) is 5.75 Å². The molecule has 3 rings (SSSR count). The number of aromatic carboxylic acids is 1. The van der Waals surface area contributed by atoms with Gasteiger partial charge in [0, 0.05) is 5.92 Å². The second kappa shape index (κ2) is 4.44. The molecule has 102 valence electrons. The fourth-order valence-electron chi connectivity index (χ4n) is 2.14. The van der Waals surface area contributed by atoms with E-state index in [1.165, 1.54) is 22.9 Å². The summed E-state index contributed by atoms with van der Waals surface area (Å²) in [4.78, 5) is 22.0. The van der Waals surface area contributed by atoms with Crippen LogP contribution < -0.4 is 0 Å². The first-order valence-corrected chi connectivity index (χ1v) is 6.09. The highest BCUT2D eigenvalue weighted by molar-refractivity contribution is 5.91. The van der Waals surface area contributed by atoms with Gasteiger partial charge in [0.1, 0.15) is 17.0 Å². The van der Waals surface area contributed by atoms with Crippen molar-refractivity contribution in [3.05, 3.63) is 35.2 Å². The molecule has 7 nitrogen and oxygen atoms in total. The zero-order valence-electron chi connectivity index (χ0n) is 10.4. The number of nitrogens with zero attached hydrogens (tertiary/aromatic N) is 3. The predicted molar refractivity (Wildman–Crippen MR) is 67.3 cm³/mol. The molecule has 0 spiro atoms. The van der Waals surface area contributed by atoms with Crippen molar-refractivity contribution in [2.45, 2.75) is 18.8 Å². The molecule has 1 aromatic carbocycles. The highest BCUT2D eigenvalue weighted by atomic mass is 16.4. The summed E-state index contributed by atoms with van der Waals surface area (Å²) in [6.07, 6.45) is 2.56. The molecule has 1 aliphatic rings. The maximum absolute atomic E-state index is 11.0. The van der Waals surface area contributed by atoms with Crippen molar-refractivity contribution in [2.24, 2.45) is 0 Å². The van der Waals surface area contributed by atoms with Gasteiger partial charge in [-0.3, -0.25) is 4.79 Å². The molecule has 0 amide bonds. The Hall–Kier alpha value is -2.70. The van der Waals surface area contributed by atoms with Crippen LogP contribution in [-0.4, -0.2) is 37.5 Å². The number of carbonyl (C=O) groups excluding carboxylic acids is 1. The molecule has 0 saturated heterocycles. The van der Waals surface area contributed by atoms with E-state index in [4.69, 9.17) is 5.11 Å². The van der Waals surface area contributed by atoms with Crippen LogP contribution in [0.25, 0.3) is 5.69 Å². The second-order valence-electron chi connectivity index (χ2n) is 4.67. The number of rotatable bonds is 4. The smallest absolute Gasteiger partial charge is 0.339 e. The van der Waals surface area contributed by atoms with Gasteiger partial charge in [-0.2, -0.15) is 0 Å². The van der Waals surface area contributed by atoms with E-state index in [0.717, 1.165) is 12.8 Å². The van der Waals surface area contributed by atoms with E-state index in [1.54, 1.807) is 0 Å². The van der Waals surface area contributed by atoms with Crippen LogP contribution in [-0.2, 0) is 0 Å². The molecular formula is C13H11N3O4. The Morgan fingerprint density at radius 2 is 2.15 bits per heavy atom. The lowest BCUT2D eigenvalue weighted by atomic mass is 10.1. The number of carboxylic acid groups (broad SMARTS) is 1. The van der Waals surface area contributed by atoms with Crippen molar-refractivity contribution in [3.63, 3.8) is 0 Å². The van der Waals surface area contributed by atoms with Crippen molar-refractivity contribution >= 4 is 12.3 Å². The molecular weight excluding hydrogens is 262 g/mol. The van der Waals surface area contributed by atoms with Gasteiger partial charge in [-0.05, 0) is 31.0 Å². The molecule has 1 saturated carbocycles. The SMILES string of the molecule is O=Cc1nnn(-c2ccc(O)c(C(=O)O)c2)c1C1CC1. The van der Waals surface area contributed by atoms with Crippen LogP contribution in [0.2, 0.25) is 0 Å². The molecule has 1 aliphatic carbocycles. The summed E-state index contributed by atoms with van der Waals surface area (Å²) >= 11 is 0. The first-order chi connectivity index (χ1) is 9.61. The normalized spacial score (nSPS) is 14.2. The van der Waals surface area contributed by atoms with E-state index in [9.17, 15) is 14.7 Å². The minimum atomic E-state index is -1.23. The van der Waals surface area contributed by atoms with Crippen molar-refractivity contribution in [1.82, 2.24) is 15.0 Å². The Labute approximate surface area is 113 Å². The van der Waals surface area contributed by atoms with E-state index in [0.29, 0.717) is 17.7 Å². The molecule has 0 bridgehead atoms. The van der Waals surface area contributed by atoms with E-state index in [-0.39, 0.29) is 22.9 Å². The minimum absolute atomic E-state index is 0.215. The topological polar surface area (TPSA) is 105 Å². The standard InChI is InChI=1S/C13H11N3O4/c17-6-10-12(7-1-2-7)16(15-14-10)8-3-4-11(18)9(5-8)13(19)20/h3-7,18H,1-2H2,(H,19,20). The van der Waals surface area contributed by atoms with Gasteiger partial charge in [-0.15, -0.1) is 5.10 Å². The third-order valence-electron chi connectivity index (χ3n) is 3.26. The largest absolute Gasteiger partial charge is 0.507 e. The Morgan fingerprint density at radius 1 is 1.40 bits per heavy atom. The number of aldehydes is 1. The summed E-state index contributed by atoms with van der Waals surface area (Å²) < 4.78 is 1.47. The third-order valence-corrected chi connectivity index (χ3v) is 3.26. The number of phenols is 1. The monoisotopic (exact) mass is 273 g/mol. The first kappa shape index (κ1) is 12.3. The number of hydrogen-bond acceptors (Lipinski definition) is 5. The Kier molecular flexibility index (Phi) is 2.74. The highest BCUT2D eigenvalue weighted by Crippen LogP contribution is 2.41. The molecule has 2 aromatic rings. The minimum Gasteiger partial charge on any atom is -0.507 e. The summed E-state index contributed by atoms with van der Waals surface area (Å²) in [5.41, 5.74) is 1.22. The number of carbonyl (C=O) groups is 2. The molecule has 2 N–H and O–H groups in total. The second-order valence-corrected chi connectivity index (χ2v) is 4.67. The van der Waals surface area contributed by atoms with Crippen molar-refractivity contribution in [3.8, 4) is 11.4 Å². The van der Waals surface area contributed by atoms with Crippen molar-refractivity contribution in [1.29, 1.82) is 0 Å². The Bertz CT molecular complexity index is 704. The Morgan fingerprint density at radius 3 is 2.75 bits per heavy atom. The van der Waals surface area contributed by atoms with Crippen LogP contribution in [0.15, 0.2) is 18.2 Å². The fourth-order valence-corrected chi connectivity index (χ4v) is 2.14. The molecule has 0 radical (unpaired) electrons. The average Bonchev–Trinajstić information content (AvgIpc) is 3.18. The average molecular weight is 273 g/mol. The van der Waals surface area contributed by atoms with Gasteiger partial charge in [-0.1, -0.05) is 5.21 Å². The third kappa shape index (κ3) is 1.93. The summed E-state index contributed by atoms with van der Waals surface area (Å²) in [7, 11) is 0.